The number of benzene rings is 10. The predicted molar refractivity (Wildman–Crippen MR) is 278 cm³/mol. The van der Waals surface area contributed by atoms with Crippen molar-refractivity contribution in [3.63, 3.8) is 0 Å². The molecule has 0 radical (unpaired) electrons. The maximum atomic E-state index is 6.19. The van der Waals surface area contributed by atoms with E-state index in [1.165, 1.54) is 44.5 Å². The maximum Gasteiger partial charge on any atom is 0.227 e. The maximum absolute atomic E-state index is 6.19. The first-order valence-corrected chi connectivity index (χ1v) is 23.3. The summed E-state index contributed by atoms with van der Waals surface area (Å²) in [6, 6.07) is 86.2. The molecule has 0 amide bonds. The third-order valence-corrected chi connectivity index (χ3v) is 13.9. The number of hydrogen-bond acceptors (Lipinski definition) is 6. The summed E-state index contributed by atoms with van der Waals surface area (Å²) in [5.41, 5.74) is 20.8. The second-order valence-corrected chi connectivity index (χ2v) is 17.7. The fourth-order valence-electron chi connectivity index (χ4n) is 10.9. The van der Waals surface area contributed by atoms with E-state index in [1.54, 1.807) is 0 Å². The zero-order valence-corrected chi connectivity index (χ0v) is 37.2. The number of nitrogens with zero attached hydrogens (tertiary/aromatic N) is 4. The highest BCUT2D eigenvalue weighted by atomic mass is 16.4. The third-order valence-electron chi connectivity index (χ3n) is 13.9. The second kappa shape index (κ2) is 15.4. The van der Waals surface area contributed by atoms with E-state index in [0.29, 0.717) is 11.8 Å². The summed E-state index contributed by atoms with van der Waals surface area (Å²) in [5, 5.41) is 0. The topological polar surface area (TPSA) is 58.5 Å². The van der Waals surface area contributed by atoms with Gasteiger partial charge in [0.15, 0.2) is 11.2 Å². The van der Waals surface area contributed by atoms with Crippen molar-refractivity contribution in [3.8, 4) is 45.2 Å². The van der Waals surface area contributed by atoms with E-state index in [0.717, 1.165) is 67.5 Å². The van der Waals surface area contributed by atoms with Gasteiger partial charge in [0.25, 0.3) is 0 Å². The van der Waals surface area contributed by atoms with Crippen molar-refractivity contribution in [2.75, 3.05) is 9.80 Å². The molecule has 0 saturated carbocycles. The van der Waals surface area contributed by atoms with Crippen molar-refractivity contribution in [1.82, 2.24) is 9.97 Å². The number of anilines is 6. The van der Waals surface area contributed by atoms with Gasteiger partial charge in [0.1, 0.15) is 11.0 Å². The first-order valence-electron chi connectivity index (χ1n) is 23.3. The van der Waals surface area contributed by atoms with Crippen LogP contribution in [0, 0.1) is 0 Å². The molecule has 6 heteroatoms. The smallest absolute Gasteiger partial charge is 0.227 e. The molecular weight excluding hydrogens is 845 g/mol. The Hall–Kier alpha value is -9.26. The Morgan fingerprint density at radius 3 is 1.07 bits per heavy atom. The molecule has 0 N–H and O–H groups in total. The van der Waals surface area contributed by atoms with Crippen molar-refractivity contribution in [2.24, 2.45) is 0 Å². The number of aromatic nitrogens is 2. The first-order chi connectivity index (χ1) is 34.2. The third kappa shape index (κ3) is 6.05. The van der Waals surface area contributed by atoms with Gasteiger partial charge in [0.05, 0.1) is 5.41 Å². The Morgan fingerprint density at radius 2 is 0.638 bits per heavy atom. The number of fused-ring (bicyclic) bond motifs is 12. The van der Waals surface area contributed by atoms with Crippen molar-refractivity contribution >= 4 is 56.3 Å². The molecule has 69 heavy (non-hydrogen) atoms. The van der Waals surface area contributed by atoms with Crippen LogP contribution in [0.4, 0.5) is 34.1 Å². The lowest BCUT2D eigenvalue weighted by Crippen LogP contribution is -2.26. The second-order valence-electron chi connectivity index (χ2n) is 17.7. The van der Waals surface area contributed by atoms with E-state index < -0.39 is 5.41 Å². The zero-order chi connectivity index (χ0) is 45.5. The number of para-hydroxylation sites is 6. The Labute approximate surface area is 398 Å². The summed E-state index contributed by atoms with van der Waals surface area (Å²) < 4.78 is 12.4. The monoisotopic (exact) mass is 884 g/mol. The SMILES string of the molecule is c1ccc(N(c2ccc(-c3nc4ccccc4o3)cc2)c2ccc3c(c2)C2(c4ccccc4-c4ccccc42)c2cc(N(c4ccccc4)c4ccc(-c5nc6ccccc6o5)cc4)ccc2-3)cc1. The molecule has 0 unspecified atom stereocenters. The van der Waals surface area contributed by atoms with Crippen molar-refractivity contribution < 1.29 is 8.83 Å². The van der Waals surface area contributed by atoms with Gasteiger partial charge in [-0.05, 0) is 166 Å². The van der Waals surface area contributed by atoms with Crippen LogP contribution in [0.3, 0.4) is 0 Å². The normalized spacial score (nSPS) is 12.8. The highest BCUT2D eigenvalue weighted by molar-refractivity contribution is 5.98. The fourth-order valence-corrected chi connectivity index (χ4v) is 10.9. The van der Waals surface area contributed by atoms with Crippen LogP contribution in [0.1, 0.15) is 22.3 Å². The molecule has 12 aromatic rings. The van der Waals surface area contributed by atoms with Crippen molar-refractivity contribution in [2.45, 2.75) is 5.41 Å². The van der Waals surface area contributed by atoms with Crippen LogP contribution >= 0.6 is 0 Å². The van der Waals surface area contributed by atoms with Crippen LogP contribution in [-0.2, 0) is 5.41 Å². The molecule has 0 fully saturated rings. The molecule has 14 rings (SSSR count). The van der Waals surface area contributed by atoms with Crippen LogP contribution < -0.4 is 9.80 Å². The highest BCUT2D eigenvalue weighted by Crippen LogP contribution is 2.64. The fraction of sp³-hybridized carbons (Fsp3) is 0.0159. The Balaban J connectivity index is 0.937. The van der Waals surface area contributed by atoms with Crippen molar-refractivity contribution in [1.29, 1.82) is 0 Å². The van der Waals surface area contributed by atoms with Gasteiger partial charge >= 0.3 is 0 Å². The van der Waals surface area contributed by atoms with Gasteiger partial charge < -0.3 is 18.6 Å². The molecule has 1 spiro atoms. The van der Waals surface area contributed by atoms with E-state index >= 15 is 0 Å². The number of rotatable bonds is 8. The molecule has 324 valence electrons. The Kier molecular flexibility index (Phi) is 8.70. The first kappa shape index (κ1) is 39.0. The largest absolute Gasteiger partial charge is 0.436 e. The zero-order valence-electron chi connectivity index (χ0n) is 37.2. The van der Waals surface area contributed by atoms with Gasteiger partial charge in [-0.25, -0.2) is 9.97 Å². The molecule has 0 saturated heterocycles. The van der Waals surface area contributed by atoms with E-state index in [4.69, 9.17) is 18.8 Å². The van der Waals surface area contributed by atoms with E-state index in [1.807, 2.05) is 48.5 Å². The number of oxazole rings is 2. The van der Waals surface area contributed by atoms with Gasteiger partial charge in [-0.1, -0.05) is 121 Å². The predicted octanol–water partition coefficient (Wildman–Crippen LogP) is 16.6. The molecular formula is C63H40N4O2. The van der Waals surface area contributed by atoms with Crippen LogP contribution in [-0.4, -0.2) is 9.97 Å². The molecule has 0 aliphatic heterocycles. The standard InChI is InChI=1S/C63H40N4O2/c1-3-15-43(16-4-1)66(45-31-27-41(28-32-45)61-64-57-23-11-13-25-59(57)68-61)47-35-37-51-52-38-36-48(40-56(52)63(55(51)39-47)53-21-9-7-19-49(53)50-20-8-10-22-54(50)63)67(44-17-5-2-6-18-44)46-33-29-42(30-34-46)62-65-58-24-12-14-26-60(58)69-62/h1-40H. The van der Waals surface area contributed by atoms with Crippen LogP contribution in [0.25, 0.3) is 67.4 Å². The van der Waals surface area contributed by atoms with Gasteiger partial charge in [-0.15, -0.1) is 0 Å². The van der Waals surface area contributed by atoms with E-state index in [-0.39, 0.29) is 0 Å². The lowest BCUT2D eigenvalue weighted by Gasteiger charge is -2.33. The summed E-state index contributed by atoms with van der Waals surface area (Å²) >= 11 is 0. The molecule has 2 aliphatic rings. The molecule has 6 nitrogen and oxygen atoms in total. The van der Waals surface area contributed by atoms with E-state index in [9.17, 15) is 0 Å². The van der Waals surface area contributed by atoms with Crippen LogP contribution in [0.5, 0.6) is 0 Å². The molecule has 0 bridgehead atoms. The summed E-state index contributed by atoms with van der Waals surface area (Å²) in [5.74, 6) is 1.21. The quantitative estimate of drug-likeness (QED) is 0.152. The minimum atomic E-state index is -0.609. The van der Waals surface area contributed by atoms with Gasteiger partial charge in [-0.3, -0.25) is 0 Å². The Morgan fingerprint density at radius 1 is 0.290 bits per heavy atom. The Bertz CT molecular complexity index is 3590. The van der Waals surface area contributed by atoms with E-state index in [2.05, 4.69) is 204 Å². The van der Waals surface area contributed by atoms with Gasteiger partial charge in [0, 0.05) is 45.3 Å². The van der Waals surface area contributed by atoms with Crippen molar-refractivity contribution in [3.05, 3.63) is 265 Å². The average Bonchev–Trinajstić information content (AvgIpc) is 4.19. The minimum Gasteiger partial charge on any atom is -0.436 e. The highest BCUT2D eigenvalue weighted by Gasteiger charge is 2.52. The summed E-state index contributed by atoms with van der Waals surface area (Å²) in [4.78, 5) is 14.3. The minimum absolute atomic E-state index is 0.604. The molecule has 10 aromatic carbocycles. The van der Waals surface area contributed by atoms with Gasteiger partial charge in [-0.2, -0.15) is 0 Å². The summed E-state index contributed by atoms with van der Waals surface area (Å²) in [6.45, 7) is 0. The lowest BCUT2D eigenvalue weighted by atomic mass is 9.70. The molecule has 2 aliphatic carbocycles. The average molecular weight is 885 g/mol. The van der Waals surface area contributed by atoms with Crippen LogP contribution in [0.15, 0.2) is 251 Å². The molecule has 2 heterocycles. The summed E-state index contributed by atoms with van der Waals surface area (Å²) in [6.07, 6.45) is 0. The van der Waals surface area contributed by atoms with Crippen LogP contribution in [0.2, 0.25) is 0 Å². The number of hydrogen-bond donors (Lipinski definition) is 0. The molecule has 0 atom stereocenters. The lowest BCUT2D eigenvalue weighted by molar-refractivity contribution is 0.619. The van der Waals surface area contributed by atoms with Gasteiger partial charge in [0.2, 0.25) is 11.8 Å². The summed E-state index contributed by atoms with van der Waals surface area (Å²) in [7, 11) is 0. The molecule has 2 aromatic heterocycles.